The van der Waals surface area contributed by atoms with Gasteiger partial charge in [0.2, 0.25) is 5.91 Å². The number of methoxy groups -OCH3 is 1. The number of nitrogens with one attached hydrogen (secondary N) is 2. The Labute approximate surface area is 185 Å². The molecule has 0 unspecified atom stereocenters. The molecule has 3 amide bonds. The van der Waals surface area contributed by atoms with Crippen LogP contribution in [0.25, 0.3) is 5.69 Å². The fourth-order valence-electron chi connectivity index (χ4n) is 2.84. The molecule has 1 aromatic carbocycles. The molecule has 0 aliphatic heterocycles. The van der Waals surface area contributed by atoms with Crippen molar-refractivity contribution in [3.05, 3.63) is 36.0 Å². The molecule has 0 fully saturated rings. The quantitative estimate of drug-likeness (QED) is 0.728. The highest BCUT2D eigenvalue weighted by molar-refractivity contribution is 5.94. The van der Waals surface area contributed by atoms with E-state index < -0.39 is 0 Å². The standard InChI is InChI=1S/C23H35N5O3/c1-9-27(21(30)25-23(5,6)7)15-20(29)24-19-14-18(22(2,3)4)26-28(19)16-10-12-17(31-8)13-11-16/h10-14H,9,15H2,1-8H3,(H,24,29)(H,25,30). The van der Waals surface area contributed by atoms with Gasteiger partial charge in [-0.15, -0.1) is 0 Å². The van der Waals surface area contributed by atoms with E-state index in [0.29, 0.717) is 12.4 Å². The highest BCUT2D eigenvalue weighted by Gasteiger charge is 2.24. The number of hydrogen-bond donors (Lipinski definition) is 2. The first kappa shape index (κ1) is 24.2. The number of carbonyl (C=O) groups is 2. The molecule has 0 bridgehead atoms. The average molecular weight is 430 g/mol. The fraction of sp³-hybridized carbons (Fsp3) is 0.522. The maximum absolute atomic E-state index is 12.8. The van der Waals surface area contributed by atoms with Crippen LogP contribution in [0.5, 0.6) is 5.75 Å². The van der Waals surface area contributed by atoms with Gasteiger partial charge in [0.15, 0.2) is 0 Å². The van der Waals surface area contributed by atoms with Gasteiger partial charge < -0.3 is 20.3 Å². The summed E-state index contributed by atoms with van der Waals surface area (Å²) in [7, 11) is 1.61. The van der Waals surface area contributed by atoms with Gasteiger partial charge in [0.05, 0.1) is 18.5 Å². The Morgan fingerprint density at radius 2 is 1.71 bits per heavy atom. The number of amides is 3. The van der Waals surface area contributed by atoms with Gasteiger partial charge in [-0.1, -0.05) is 20.8 Å². The number of anilines is 1. The predicted octanol–water partition coefficient (Wildman–Crippen LogP) is 3.95. The van der Waals surface area contributed by atoms with Crippen LogP contribution in [0, 0.1) is 0 Å². The van der Waals surface area contributed by atoms with Crippen molar-refractivity contribution in [3.8, 4) is 11.4 Å². The zero-order valence-electron chi connectivity index (χ0n) is 19.9. The van der Waals surface area contributed by atoms with Crippen molar-refractivity contribution in [2.45, 2.75) is 59.4 Å². The molecule has 0 radical (unpaired) electrons. The Kier molecular flexibility index (Phi) is 7.36. The second kappa shape index (κ2) is 9.41. The number of hydrogen-bond acceptors (Lipinski definition) is 4. The lowest BCUT2D eigenvalue weighted by molar-refractivity contribution is -0.116. The lowest BCUT2D eigenvalue weighted by Crippen LogP contribution is -2.50. The van der Waals surface area contributed by atoms with E-state index in [1.165, 1.54) is 4.90 Å². The second-order valence-corrected chi connectivity index (χ2v) is 9.52. The Bertz CT molecular complexity index is 905. The third kappa shape index (κ3) is 6.73. The van der Waals surface area contributed by atoms with Crippen LogP contribution in [0.3, 0.4) is 0 Å². The summed E-state index contributed by atoms with van der Waals surface area (Å²) in [6.45, 7) is 14.1. The molecule has 8 nitrogen and oxygen atoms in total. The number of aromatic nitrogens is 2. The van der Waals surface area contributed by atoms with Gasteiger partial charge in [-0.05, 0) is 52.0 Å². The third-order valence-corrected chi connectivity index (χ3v) is 4.55. The summed E-state index contributed by atoms with van der Waals surface area (Å²) < 4.78 is 6.93. The molecule has 1 heterocycles. The number of nitrogens with zero attached hydrogens (tertiary/aromatic N) is 3. The summed E-state index contributed by atoms with van der Waals surface area (Å²) in [4.78, 5) is 26.7. The number of carbonyl (C=O) groups excluding carboxylic acids is 2. The minimum absolute atomic E-state index is 0.0585. The normalized spacial score (nSPS) is 11.7. The molecular formula is C23H35N5O3. The zero-order chi connectivity index (χ0) is 23.4. The van der Waals surface area contributed by atoms with E-state index in [0.717, 1.165) is 17.1 Å². The molecule has 0 aliphatic rings. The second-order valence-electron chi connectivity index (χ2n) is 9.52. The van der Waals surface area contributed by atoms with Crippen molar-refractivity contribution in [1.29, 1.82) is 0 Å². The summed E-state index contributed by atoms with van der Waals surface area (Å²) in [5.41, 5.74) is 1.07. The molecule has 31 heavy (non-hydrogen) atoms. The fourth-order valence-corrected chi connectivity index (χ4v) is 2.84. The minimum Gasteiger partial charge on any atom is -0.497 e. The first-order chi connectivity index (χ1) is 14.3. The molecule has 0 atom stereocenters. The van der Waals surface area contributed by atoms with Gasteiger partial charge >= 0.3 is 6.03 Å². The summed E-state index contributed by atoms with van der Waals surface area (Å²) >= 11 is 0. The van der Waals surface area contributed by atoms with Crippen LogP contribution in [0.15, 0.2) is 30.3 Å². The average Bonchev–Trinajstić information content (AvgIpc) is 3.08. The molecule has 170 valence electrons. The number of likely N-dealkylation sites (N-methyl/N-ethyl adjacent to an activating group) is 1. The van der Waals surface area contributed by atoms with Crippen molar-refractivity contribution in [2.75, 3.05) is 25.5 Å². The Morgan fingerprint density at radius 1 is 1.10 bits per heavy atom. The summed E-state index contributed by atoms with van der Waals surface area (Å²) in [6, 6.07) is 9.04. The van der Waals surface area contributed by atoms with Crippen LogP contribution in [0.2, 0.25) is 0 Å². The summed E-state index contributed by atoms with van der Waals surface area (Å²) in [5.74, 6) is 0.995. The van der Waals surface area contributed by atoms with E-state index in [2.05, 4.69) is 31.4 Å². The highest BCUT2D eigenvalue weighted by Crippen LogP contribution is 2.27. The first-order valence-corrected chi connectivity index (χ1v) is 10.5. The van der Waals surface area contributed by atoms with E-state index in [-0.39, 0.29) is 29.4 Å². The van der Waals surface area contributed by atoms with E-state index >= 15 is 0 Å². The van der Waals surface area contributed by atoms with Crippen molar-refractivity contribution < 1.29 is 14.3 Å². The SMILES string of the molecule is CCN(CC(=O)Nc1cc(C(C)(C)C)nn1-c1ccc(OC)cc1)C(=O)NC(C)(C)C. The molecule has 1 aromatic heterocycles. The van der Waals surface area contributed by atoms with Crippen LogP contribution in [-0.2, 0) is 10.2 Å². The molecule has 2 N–H and O–H groups in total. The van der Waals surface area contributed by atoms with E-state index in [4.69, 9.17) is 9.84 Å². The summed E-state index contributed by atoms with van der Waals surface area (Å²) in [6.07, 6.45) is 0. The largest absolute Gasteiger partial charge is 0.497 e. The van der Waals surface area contributed by atoms with Crippen LogP contribution in [0.1, 0.15) is 54.2 Å². The van der Waals surface area contributed by atoms with E-state index in [9.17, 15) is 9.59 Å². The number of urea groups is 1. The number of benzene rings is 1. The van der Waals surface area contributed by atoms with Crippen molar-refractivity contribution in [3.63, 3.8) is 0 Å². The van der Waals surface area contributed by atoms with Crippen molar-refractivity contribution in [1.82, 2.24) is 20.0 Å². The highest BCUT2D eigenvalue weighted by atomic mass is 16.5. The lowest BCUT2D eigenvalue weighted by Gasteiger charge is -2.27. The van der Waals surface area contributed by atoms with E-state index in [1.54, 1.807) is 11.8 Å². The monoisotopic (exact) mass is 429 g/mol. The molecule has 2 aromatic rings. The molecule has 0 aliphatic carbocycles. The number of ether oxygens (including phenoxy) is 1. The molecule has 2 rings (SSSR count). The van der Waals surface area contributed by atoms with Gasteiger partial charge in [-0.3, -0.25) is 4.79 Å². The predicted molar refractivity (Wildman–Crippen MR) is 123 cm³/mol. The molecule has 0 saturated carbocycles. The maximum Gasteiger partial charge on any atom is 0.318 e. The molecule has 0 saturated heterocycles. The van der Waals surface area contributed by atoms with Crippen LogP contribution < -0.4 is 15.4 Å². The third-order valence-electron chi connectivity index (χ3n) is 4.55. The zero-order valence-corrected chi connectivity index (χ0v) is 19.9. The lowest BCUT2D eigenvalue weighted by atomic mass is 9.92. The Hall–Kier alpha value is -3.03. The minimum atomic E-state index is -0.379. The Balaban J connectivity index is 2.26. The van der Waals surface area contributed by atoms with Gasteiger partial charge in [0.1, 0.15) is 18.1 Å². The van der Waals surface area contributed by atoms with Crippen molar-refractivity contribution in [2.24, 2.45) is 0 Å². The maximum atomic E-state index is 12.8. The van der Waals surface area contributed by atoms with Crippen LogP contribution in [-0.4, -0.2) is 52.4 Å². The van der Waals surface area contributed by atoms with Gasteiger partial charge in [0, 0.05) is 23.6 Å². The van der Waals surface area contributed by atoms with Gasteiger partial charge in [-0.2, -0.15) is 5.10 Å². The topological polar surface area (TPSA) is 88.5 Å². The molecule has 8 heteroatoms. The smallest absolute Gasteiger partial charge is 0.318 e. The van der Waals surface area contributed by atoms with Crippen molar-refractivity contribution >= 4 is 17.8 Å². The molecule has 0 spiro atoms. The first-order valence-electron chi connectivity index (χ1n) is 10.5. The van der Waals surface area contributed by atoms with E-state index in [1.807, 2.05) is 58.0 Å². The van der Waals surface area contributed by atoms with Gasteiger partial charge in [0.25, 0.3) is 0 Å². The molecular weight excluding hydrogens is 394 g/mol. The summed E-state index contributed by atoms with van der Waals surface area (Å²) in [5, 5.41) is 10.5. The Morgan fingerprint density at radius 3 is 2.19 bits per heavy atom. The van der Waals surface area contributed by atoms with Crippen LogP contribution >= 0.6 is 0 Å². The van der Waals surface area contributed by atoms with Crippen LogP contribution in [0.4, 0.5) is 10.6 Å². The number of rotatable bonds is 6. The van der Waals surface area contributed by atoms with Gasteiger partial charge in [-0.25, -0.2) is 9.48 Å².